The summed E-state index contributed by atoms with van der Waals surface area (Å²) in [7, 11) is 0. The lowest BCUT2D eigenvalue weighted by Crippen LogP contribution is -2.14. The van der Waals surface area contributed by atoms with E-state index in [1.807, 2.05) is 6.07 Å². The molecule has 1 heterocycles. The van der Waals surface area contributed by atoms with Crippen molar-refractivity contribution in [1.29, 1.82) is 0 Å². The van der Waals surface area contributed by atoms with Gasteiger partial charge in [-0.05, 0) is 36.2 Å². The smallest absolute Gasteiger partial charge is 0.274 e. The molecule has 0 saturated heterocycles. The van der Waals surface area contributed by atoms with Crippen molar-refractivity contribution in [1.82, 2.24) is 4.98 Å². The first kappa shape index (κ1) is 16.6. The predicted octanol–water partition coefficient (Wildman–Crippen LogP) is 4.71. The van der Waals surface area contributed by atoms with Crippen molar-refractivity contribution in [3.8, 4) is 0 Å². The monoisotopic (exact) mass is 337 g/mol. The number of halogens is 2. The molecule has 0 atom stereocenters. The summed E-state index contributed by atoms with van der Waals surface area (Å²) in [5.41, 5.74) is 1.70. The molecule has 0 saturated carbocycles. The summed E-state index contributed by atoms with van der Waals surface area (Å²) in [4.78, 5) is 16.3. The second-order valence-corrected chi connectivity index (χ2v) is 6.13. The Kier molecular flexibility index (Phi) is 5.63. The van der Waals surface area contributed by atoms with E-state index in [0.29, 0.717) is 27.3 Å². The molecule has 0 spiro atoms. The molecule has 0 unspecified atom stereocenters. The molecular formula is C16H17Cl2N3O. The van der Waals surface area contributed by atoms with E-state index in [1.165, 1.54) is 0 Å². The highest BCUT2D eigenvalue weighted by Gasteiger charge is 2.10. The summed E-state index contributed by atoms with van der Waals surface area (Å²) in [5, 5.41) is 6.86. The topological polar surface area (TPSA) is 54.0 Å². The van der Waals surface area contributed by atoms with Crippen LogP contribution in [0, 0.1) is 5.92 Å². The summed E-state index contributed by atoms with van der Waals surface area (Å²) in [6.45, 7) is 5.10. The third-order valence-electron chi connectivity index (χ3n) is 2.89. The number of nitrogens with zero attached hydrogens (tertiary/aromatic N) is 1. The minimum Gasteiger partial charge on any atom is -0.384 e. The molecule has 1 aromatic carbocycles. The van der Waals surface area contributed by atoms with E-state index in [1.54, 1.807) is 30.5 Å². The second-order valence-electron chi connectivity index (χ2n) is 5.29. The van der Waals surface area contributed by atoms with Crippen LogP contribution in [0.3, 0.4) is 0 Å². The van der Waals surface area contributed by atoms with Gasteiger partial charge in [0, 0.05) is 11.6 Å². The van der Waals surface area contributed by atoms with Crippen LogP contribution in [0.25, 0.3) is 0 Å². The fraction of sp³-hybridized carbons (Fsp3) is 0.250. The number of hydrogen-bond donors (Lipinski definition) is 2. The molecule has 6 heteroatoms. The third kappa shape index (κ3) is 4.61. The molecule has 0 aliphatic heterocycles. The van der Waals surface area contributed by atoms with Crippen LogP contribution in [0.5, 0.6) is 0 Å². The van der Waals surface area contributed by atoms with E-state index in [9.17, 15) is 4.79 Å². The summed E-state index contributed by atoms with van der Waals surface area (Å²) >= 11 is 11.9. The molecule has 1 amide bonds. The predicted molar refractivity (Wildman–Crippen MR) is 92.0 cm³/mol. The van der Waals surface area contributed by atoms with Crippen molar-refractivity contribution < 1.29 is 4.79 Å². The highest BCUT2D eigenvalue weighted by atomic mass is 35.5. The maximum absolute atomic E-state index is 12.1. The molecule has 0 fully saturated rings. The van der Waals surface area contributed by atoms with Crippen molar-refractivity contribution in [2.75, 3.05) is 17.2 Å². The molecule has 0 aliphatic rings. The summed E-state index contributed by atoms with van der Waals surface area (Å²) < 4.78 is 0. The number of rotatable bonds is 5. The standard InChI is InChI=1S/C16H17Cl2N3O/c1-10(2)8-19-12-4-6-15(20-9-12)16(22)21-14-5-3-11(17)7-13(14)18/h3-7,9-10,19H,8H2,1-2H3,(H,21,22). The largest absolute Gasteiger partial charge is 0.384 e. The average Bonchev–Trinajstić information content (AvgIpc) is 2.48. The van der Waals surface area contributed by atoms with Gasteiger partial charge >= 0.3 is 0 Å². The zero-order valence-electron chi connectivity index (χ0n) is 12.4. The van der Waals surface area contributed by atoms with E-state index in [-0.39, 0.29) is 5.91 Å². The first-order chi connectivity index (χ1) is 10.5. The maximum Gasteiger partial charge on any atom is 0.274 e. The van der Waals surface area contributed by atoms with Crippen LogP contribution in [0.1, 0.15) is 24.3 Å². The van der Waals surface area contributed by atoms with Gasteiger partial charge in [-0.1, -0.05) is 37.0 Å². The van der Waals surface area contributed by atoms with Crippen LogP contribution in [-0.2, 0) is 0 Å². The van der Waals surface area contributed by atoms with E-state index in [2.05, 4.69) is 29.5 Å². The number of anilines is 2. The Labute approximate surface area is 139 Å². The van der Waals surface area contributed by atoms with Gasteiger partial charge in [0.1, 0.15) is 5.69 Å². The van der Waals surface area contributed by atoms with Crippen molar-refractivity contribution in [2.45, 2.75) is 13.8 Å². The number of carbonyl (C=O) groups excluding carboxylic acids is 1. The minimum absolute atomic E-state index is 0.320. The van der Waals surface area contributed by atoms with Gasteiger partial charge < -0.3 is 10.6 Å². The number of benzene rings is 1. The Balaban J connectivity index is 2.03. The van der Waals surface area contributed by atoms with Crippen LogP contribution in [0.2, 0.25) is 10.0 Å². The van der Waals surface area contributed by atoms with Crippen LogP contribution in [0.15, 0.2) is 36.5 Å². The molecule has 2 rings (SSSR count). The van der Waals surface area contributed by atoms with Crippen LogP contribution in [-0.4, -0.2) is 17.4 Å². The Morgan fingerprint density at radius 1 is 1.23 bits per heavy atom. The maximum atomic E-state index is 12.1. The number of aromatic nitrogens is 1. The minimum atomic E-state index is -0.320. The van der Waals surface area contributed by atoms with Gasteiger partial charge in [-0.2, -0.15) is 0 Å². The molecule has 0 bridgehead atoms. The average molecular weight is 338 g/mol. The molecule has 2 N–H and O–H groups in total. The lowest BCUT2D eigenvalue weighted by molar-refractivity contribution is 0.102. The fourth-order valence-electron chi connectivity index (χ4n) is 1.73. The first-order valence-corrected chi connectivity index (χ1v) is 7.67. The van der Waals surface area contributed by atoms with Crippen LogP contribution >= 0.6 is 23.2 Å². The van der Waals surface area contributed by atoms with Crippen molar-refractivity contribution >= 4 is 40.5 Å². The van der Waals surface area contributed by atoms with Gasteiger partial charge in [0.2, 0.25) is 0 Å². The zero-order chi connectivity index (χ0) is 16.1. The van der Waals surface area contributed by atoms with Gasteiger partial charge in [0.15, 0.2) is 0 Å². The molecule has 1 aromatic heterocycles. The molecular weight excluding hydrogens is 321 g/mol. The SMILES string of the molecule is CC(C)CNc1ccc(C(=O)Nc2ccc(Cl)cc2Cl)nc1. The first-order valence-electron chi connectivity index (χ1n) is 6.92. The van der Waals surface area contributed by atoms with Crippen molar-refractivity contribution in [2.24, 2.45) is 5.92 Å². The van der Waals surface area contributed by atoms with Gasteiger partial charge in [-0.25, -0.2) is 4.98 Å². The highest BCUT2D eigenvalue weighted by molar-refractivity contribution is 6.36. The van der Waals surface area contributed by atoms with Gasteiger partial charge in [0.05, 0.1) is 22.6 Å². The van der Waals surface area contributed by atoms with Crippen LogP contribution < -0.4 is 10.6 Å². The molecule has 4 nitrogen and oxygen atoms in total. The molecule has 116 valence electrons. The Morgan fingerprint density at radius 3 is 2.59 bits per heavy atom. The third-order valence-corrected chi connectivity index (χ3v) is 3.44. The number of pyridine rings is 1. The van der Waals surface area contributed by atoms with E-state index in [4.69, 9.17) is 23.2 Å². The van der Waals surface area contributed by atoms with Crippen molar-refractivity contribution in [3.63, 3.8) is 0 Å². The molecule has 22 heavy (non-hydrogen) atoms. The number of carbonyl (C=O) groups is 1. The fourth-order valence-corrected chi connectivity index (χ4v) is 2.19. The van der Waals surface area contributed by atoms with Crippen LogP contribution in [0.4, 0.5) is 11.4 Å². The lowest BCUT2D eigenvalue weighted by Gasteiger charge is -2.10. The summed E-state index contributed by atoms with van der Waals surface area (Å²) in [6, 6.07) is 8.39. The molecule has 0 aliphatic carbocycles. The second kappa shape index (κ2) is 7.47. The zero-order valence-corrected chi connectivity index (χ0v) is 13.9. The quantitative estimate of drug-likeness (QED) is 0.830. The summed E-state index contributed by atoms with van der Waals surface area (Å²) in [5.74, 6) is 0.217. The number of hydrogen-bond acceptors (Lipinski definition) is 3. The van der Waals surface area contributed by atoms with E-state index >= 15 is 0 Å². The lowest BCUT2D eigenvalue weighted by atomic mass is 10.2. The van der Waals surface area contributed by atoms with Crippen molar-refractivity contribution in [3.05, 3.63) is 52.3 Å². The van der Waals surface area contributed by atoms with Gasteiger partial charge in [0.25, 0.3) is 5.91 Å². The number of nitrogens with one attached hydrogen (secondary N) is 2. The number of amides is 1. The molecule has 0 radical (unpaired) electrons. The summed E-state index contributed by atoms with van der Waals surface area (Å²) in [6.07, 6.45) is 1.64. The molecule has 2 aromatic rings. The Hall–Kier alpha value is -1.78. The van der Waals surface area contributed by atoms with Gasteiger partial charge in [-0.3, -0.25) is 4.79 Å². The highest BCUT2D eigenvalue weighted by Crippen LogP contribution is 2.25. The van der Waals surface area contributed by atoms with E-state index < -0.39 is 0 Å². The van der Waals surface area contributed by atoms with E-state index in [0.717, 1.165) is 12.2 Å². The Bertz CT molecular complexity index is 657. The Morgan fingerprint density at radius 2 is 2.00 bits per heavy atom. The van der Waals surface area contributed by atoms with Gasteiger partial charge in [-0.15, -0.1) is 0 Å². The normalized spacial score (nSPS) is 10.6.